The number of nitrogens with one attached hydrogen (secondary N) is 1. The lowest BCUT2D eigenvalue weighted by Crippen LogP contribution is -2.42. The fourth-order valence-corrected chi connectivity index (χ4v) is 5.66. The van der Waals surface area contributed by atoms with E-state index in [1.165, 1.54) is 36.0 Å². The van der Waals surface area contributed by atoms with E-state index in [9.17, 15) is 4.79 Å². The molecule has 5 heteroatoms. The Morgan fingerprint density at radius 2 is 1.97 bits per heavy atom. The Bertz CT molecular complexity index is 1130. The number of hydrogen-bond acceptors (Lipinski definition) is 3. The zero-order valence-corrected chi connectivity index (χ0v) is 19.8. The summed E-state index contributed by atoms with van der Waals surface area (Å²) in [5.41, 5.74) is 4.27. The number of carbonyl (C=O) groups excluding carboxylic acids is 1. The van der Waals surface area contributed by atoms with Crippen LogP contribution in [0.25, 0.3) is 10.9 Å². The highest BCUT2D eigenvalue weighted by molar-refractivity contribution is 5.97. The summed E-state index contributed by atoms with van der Waals surface area (Å²) in [4.78, 5) is 16.1. The van der Waals surface area contributed by atoms with Gasteiger partial charge in [0.1, 0.15) is 0 Å². The standard InChI is InChI=1S/C28H35N3O2/c1-30-13-4-7-24(20-30)22-6-3-5-21(17-22)19-28(11-15-33-16-12-28)27(32)29-25-8-9-26-23(18-25)10-14-31(26)2/h3,5-6,8-10,14,17-18,24H,4,7,11-13,15-16,19-20H2,1-2H3,(H,29,32). The number of fused-ring (bicyclic) bond motifs is 1. The number of carbonyl (C=O) groups is 1. The largest absolute Gasteiger partial charge is 0.381 e. The molecule has 2 saturated heterocycles. The summed E-state index contributed by atoms with van der Waals surface area (Å²) in [6, 6.07) is 17.2. The van der Waals surface area contributed by atoms with E-state index in [0.29, 0.717) is 19.1 Å². The Labute approximate surface area is 196 Å². The Morgan fingerprint density at radius 3 is 2.79 bits per heavy atom. The van der Waals surface area contributed by atoms with Crippen LogP contribution in [0.5, 0.6) is 0 Å². The van der Waals surface area contributed by atoms with Crippen LogP contribution in [0.1, 0.15) is 42.7 Å². The molecule has 1 atom stereocenters. The van der Waals surface area contributed by atoms with Gasteiger partial charge in [0.25, 0.3) is 0 Å². The van der Waals surface area contributed by atoms with Crippen LogP contribution >= 0.6 is 0 Å². The molecule has 2 aromatic carbocycles. The predicted molar refractivity (Wildman–Crippen MR) is 134 cm³/mol. The van der Waals surface area contributed by atoms with Crippen molar-refractivity contribution in [2.45, 2.75) is 38.0 Å². The molecule has 2 aliphatic heterocycles. The average molecular weight is 446 g/mol. The van der Waals surface area contributed by atoms with Gasteiger partial charge in [-0.25, -0.2) is 0 Å². The topological polar surface area (TPSA) is 46.5 Å². The number of aryl methyl sites for hydroxylation is 1. The average Bonchev–Trinajstić information content (AvgIpc) is 3.20. The van der Waals surface area contributed by atoms with E-state index in [4.69, 9.17) is 4.74 Å². The fourth-order valence-electron chi connectivity index (χ4n) is 5.66. The maximum absolute atomic E-state index is 13.7. The van der Waals surface area contributed by atoms with Crippen molar-refractivity contribution in [1.29, 1.82) is 0 Å². The molecule has 0 radical (unpaired) electrons. The molecular weight excluding hydrogens is 410 g/mol. The van der Waals surface area contributed by atoms with E-state index in [1.807, 2.05) is 19.3 Å². The van der Waals surface area contributed by atoms with Gasteiger partial charge in [-0.1, -0.05) is 24.3 Å². The lowest BCUT2D eigenvalue weighted by molar-refractivity contribution is -0.131. The third kappa shape index (κ3) is 4.71. The van der Waals surface area contributed by atoms with E-state index in [2.05, 4.69) is 64.3 Å². The van der Waals surface area contributed by atoms with Crippen molar-refractivity contribution >= 4 is 22.5 Å². The number of hydrogen-bond donors (Lipinski definition) is 1. The second-order valence-corrected chi connectivity index (χ2v) is 10.1. The van der Waals surface area contributed by atoms with Crippen LogP contribution in [0.2, 0.25) is 0 Å². The lowest BCUT2D eigenvalue weighted by Gasteiger charge is -2.36. The zero-order valence-electron chi connectivity index (χ0n) is 19.8. The van der Waals surface area contributed by atoms with E-state index < -0.39 is 5.41 Å². The van der Waals surface area contributed by atoms with Crippen molar-refractivity contribution < 1.29 is 9.53 Å². The number of aromatic nitrogens is 1. The molecule has 5 rings (SSSR count). The van der Waals surface area contributed by atoms with Crippen molar-refractivity contribution in [2.75, 3.05) is 38.7 Å². The fraction of sp³-hybridized carbons (Fsp3) is 0.464. The molecule has 33 heavy (non-hydrogen) atoms. The van der Waals surface area contributed by atoms with E-state index >= 15 is 0 Å². The highest BCUT2D eigenvalue weighted by Crippen LogP contribution is 2.37. The smallest absolute Gasteiger partial charge is 0.231 e. The second kappa shape index (κ2) is 9.32. The SMILES string of the molecule is CN1CCCC(c2cccc(CC3(C(=O)Nc4ccc5c(ccn5C)c4)CCOCC3)c2)C1. The molecule has 3 aromatic rings. The van der Waals surface area contributed by atoms with Crippen molar-refractivity contribution in [3.05, 3.63) is 65.9 Å². The first-order valence-corrected chi connectivity index (χ1v) is 12.2. The summed E-state index contributed by atoms with van der Waals surface area (Å²) in [6.45, 7) is 3.58. The molecule has 174 valence electrons. The molecular formula is C28H35N3O2. The lowest BCUT2D eigenvalue weighted by atomic mass is 9.74. The van der Waals surface area contributed by atoms with Crippen LogP contribution in [0.4, 0.5) is 5.69 Å². The summed E-state index contributed by atoms with van der Waals surface area (Å²) in [5.74, 6) is 0.699. The molecule has 2 fully saturated rings. The van der Waals surface area contributed by atoms with Gasteiger partial charge in [0.2, 0.25) is 5.91 Å². The first-order valence-electron chi connectivity index (χ1n) is 12.2. The molecule has 1 N–H and O–H groups in total. The summed E-state index contributed by atoms with van der Waals surface area (Å²) in [7, 11) is 4.25. The van der Waals surface area contributed by atoms with Gasteiger partial charge >= 0.3 is 0 Å². The van der Waals surface area contributed by atoms with Gasteiger partial charge in [-0.2, -0.15) is 0 Å². The first-order chi connectivity index (χ1) is 16.0. The van der Waals surface area contributed by atoms with Crippen molar-refractivity contribution in [3.63, 3.8) is 0 Å². The third-order valence-electron chi connectivity index (χ3n) is 7.66. The van der Waals surface area contributed by atoms with Gasteiger partial charge in [-0.3, -0.25) is 4.79 Å². The highest BCUT2D eigenvalue weighted by Gasteiger charge is 2.40. The Morgan fingerprint density at radius 1 is 1.12 bits per heavy atom. The minimum absolute atomic E-state index is 0.115. The van der Waals surface area contributed by atoms with Crippen molar-refractivity contribution in [2.24, 2.45) is 12.5 Å². The molecule has 0 bridgehead atoms. The number of likely N-dealkylation sites (tertiary alicyclic amines) is 1. The molecule has 2 aliphatic rings. The number of piperidine rings is 1. The van der Waals surface area contributed by atoms with Gasteiger partial charge < -0.3 is 19.5 Å². The number of amides is 1. The molecule has 1 amide bonds. The third-order valence-corrected chi connectivity index (χ3v) is 7.66. The number of nitrogens with zero attached hydrogens (tertiary/aromatic N) is 2. The Hall–Kier alpha value is -2.63. The molecule has 3 heterocycles. The predicted octanol–water partition coefficient (Wildman–Crippen LogP) is 4.97. The van der Waals surface area contributed by atoms with Gasteiger partial charge in [0, 0.05) is 49.6 Å². The normalized spacial score (nSPS) is 21.2. The quantitative estimate of drug-likeness (QED) is 0.603. The summed E-state index contributed by atoms with van der Waals surface area (Å²) in [5, 5.41) is 4.39. The Kier molecular flexibility index (Phi) is 6.26. The number of rotatable bonds is 5. The minimum atomic E-state index is -0.439. The van der Waals surface area contributed by atoms with Crippen LogP contribution < -0.4 is 5.32 Å². The van der Waals surface area contributed by atoms with Crippen LogP contribution in [-0.2, 0) is 23.0 Å². The van der Waals surface area contributed by atoms with Crippen LogP contribution in [0.15, 0.2) is 54.7 Å². The Balaban J connectivity index is 1.37. The molecule has 1 aromatic heterocycles. The van der Waals surface area contributed by atoms with E-state index in [1.54, 1.807) is 0 Å². The highest BCUT2D eigenvalue weighted by atomic mass is 16.5. The molecule has 5 nitrogen and oxygen atoms in total. The minimum Gasteiger partial charge on any atom is -0.381 e. The van der Waals surface area contributed by atoms with Crippen molar-refractivity contribution in [1.82, 2.24) is 9.47 Å². The summed E-state index contributed by atoms with van der Waals surface area (Å²) >= 11 is 0. The number of anilines is 1. The molecule has 0 saturated carbocycles. The number of benzene rings is 2. The van der Waals surface area contributed by atoms with Crippen molar-refractivity contribution in [3.8, 4) is 0 Å². The summed E-state index contributed by atoms with van der Waals surface area (Å²) in [6.07, 6.45) is 6.81. The molecule has 1 unspecified atom stereocenters. The maximum atomic E-state index is 13.7. The number of ether oxygens (including phenoxy) is 1. The monoisotopic (exact) mass is 445 g/mol. The van der Waals surface area contributed by atoms with Gasteiger partial charge in [0.15, 0.2) is 0 Å². The van der Waals surface area contributed by atoms with Crippen LogP contribution in [0.3, 0.4) is 0 Å². The first kappa shape index (κ1) is 22.2. The van der Waals surface area contributed by atoms with Gasteiger partial charge in [-0.15, -0.1) is 0 Å². The van der Waals surface area contributed by atoms with E-state index in [-0.39, 0.29) is 5.91 Å². The van der Waals surface area contributed by atoms with Gasteiger partial charge in [-0.05, 0) is 87.0 Å². The maximum Gasteiger partial charge on any atom is 0.231 e. The van der Waals surface area contributed by atoms with Gasteiger partial charge in [0.05, 0.1) is 5.41 Å². The van der Waals surface area contributed by atoms with E-state index in [0.717, 1.165) is 36.9 Å². The summed E-state index contributed by atoms with van der Waals surface area (Å²) < 4.78 is 7.76. The molecule has 0 spiro atoms. The van der Waals surface area contributed by atoms with Crippen LogP contribution in [-0.4, -0.2) is 48.7 Å². The van der Waals surface area contributed by atoms with Crippen LogP contribution in [0, 0.1) is 5.41 Å². The zero-order chi connectivity index (χ0) is 22.8. The second-order valence-electron chi connectivity index (χ2n) is 10.1. The molecule has 0 aliphatic carbocycles. The number of likely N-dealkylation sites (N-methyl/N-ethyl adjacent to an activating group) is 1.